The van der Waals surface area contributed by atoms with E-state index in [-0.39, 0.29) is 6.10 Å². The molecular formula is C8H17NOS. The molecule has 1 rings (SSSR count). The molecule has 0 aromatic carbocycles. The van der Waals surface area contributed by atoms with Gasteiger partial charge in [-0.2, -0.15) is 11.8 Å². The van der Waals surface area contributed by atoms with Gasteiger partial charge in [-0.1, -0.05) is 0 Å². The molecule has 11 heavy (non-hydrogen) atoms. The fraction of sp³-hybridized carbons (Fsp3) is 1.00. The minimum atomic E-state index is -0.103. The zero-order valence-corrected chi connectivity index (χ0v) is 7.81. The topological polar surface area (TPSA) is 46.2 Å². The number of hydrogen-bond acceptors (Lipinski definition) is 3. The lowest BCUT2D eigenvalue weighted by Crippen LogP contribution is -2.24. The third kappa shape index (κ3) is 2.10. The Morgan fingerprint density at radius 2 is 2.27 bits per heavy atom. The van der Waals surface area contributed by atoms with Gasteiger partial charge in [-0.05, 0) is 38.0 Å². The first-order valence-corrected chi connectivity index (χ1v) is 5.49. The summed E-state index contributed by atoms with van der Waals surface area (Å²) in [6, 6.07) is 0. The van der Waals surface area contributed by atoms with Gasteiger partial charge < -0.3 is 10.8 Å². The molecule has 1 saturated carbocycles. The Morgan fingerprint density at radius 3 is 2.73 bits per heavy atom. The number of nitrogens with two attached hydrogens (primary N) is 1. The molecular weight excluding hydrogens is 158 g/mol. The summed E-state index contributed by atoms with van der Waals surface area (Å²) in [7, 11) is 0. The van der Waals surface area contributed by atoms with Crippen LogP contribution >= 0.6 is 11.8 Å². The number of hydrogen-bond donors (Lipinski definition) is 2. The van der Waals surface area contributed by atoms with Crippen molar-refractivity contribution in [3.05, 3.63) is 0 Å². The first-order chi connectivity index (χ1) is 5.29. The van der Waals surface area contributed by atoms with Crippen molar-refractivity contribution in [1.82, 2.24) is 0 Å². The van der Waals surface area contributed by atoms with Crippen LogP contribution in [0.2, 0.25) is 0 Å². The molecule has 66 valence electrons. The molecule has 0 aromatic heterocycles. The van der Waals surface area contributed by atoms with E-state index >= 15 is 0 Å². The maximum Gasteiger partial charge on any atom is 0.0687 e. The summed E-state index contributed by atoms with van der Waals surface area (Å²) in [6.07, 6.45) is 5.27. The maximum atomic E-state index is 9.70. The van der Waals surface area contributed by atoms with Crippen LogP contribution in [-0.2, 0) is 0 Å². The van der Waals surface area contributed by atoms with Crippen molar-refractivity contribution in [3.8, 4) is 0 Å². The third-order valence-electron chi connectivity index (χ3n) is 2.53. The largest absolute Gasteiger partial charge is 0.392 e. The lowest BCUT2D eigenvalue weighted by atomic mass is 10.0. The molecule has 3 N–H and O–H groups in total. The average Bonchev–Trinajstić information content (AvgIpc) is 2.34. The molecule has 0 radical (unpaired) electrons. The summed E-state index contributed by atoms with van der Waals surface area (Å²) < 4.78 is 0. The third-order valence-corrected chi connectivity index (χ3v) is 3.65. The first kappa shape index (κ1) is 9.36. The van der Waals surface area contributed by atoms with Crippen molar-refractivity contribution >= 4 is 11.8 Å². The van der Waals surface area contributed by atoms with E-state index < -0.39 is 0 Å². The van der Waals surface area contributed by atoms with Crippen molar-refractivity contribution in [2.75, 3.05) is 12.8 Å². The molecule has 1 aliphatic rings. The summed E-state index contributed by atoms with van der Waals surface area (Å²) in [5.41, 5.74) is 5.44. The lowest BCUT2D eigenvalue weighted by Gasteiger charge is -2.16. The second kappa shape index (κ2) is 4.33. The number of aliphatic hydroxyl groups excluding tert-OH is 1. The van der Waals surface area contributed by atoms with E-state index in [9.17, 15) is 5.11 Å². The van der Waals surface area contributed by atoms with Crippen LogP contribution in [-0.4, -0.2) is 29.3 Å². The zero-order chi connectivity index (χ0) is 8.27. The highest BCUT2D eigenvalue weighted by Gasteiger charge is 2.33. The van der Waals surface area contributed by atoms with E-state index in [1.807, 2.05) is 0 Å². The fourth-order valence-corrected chi connectivity index (χ4v) is 2.68. The van der Waals surface area contributed by atoms with E-state index in [0.29, 0.717) is 17.7 Å². The van der Waals surface area contributed by atoms with Gasteiger partial charge in [-0.15, -0.1) is 0 Å². The summed E-state index contributed by atoms with van der Waals surface area (Å²) in [5, 5.41) is 10.2. The number of aliphatic hydroxyl groups is 1. The van der Waals surface area contributed by atoms with Crippen molar-refractivity contribution in [2.45, 2.75) is 30.6 Å². The quantitative estimate of drug-likeness (QED) is 0.668. The monoisotopic (exact) mass is 175 g/mol. The molecule has 2 nitrogen and oxygen atoms in total. The van der Waals surface area contributed by atoms with Gasteiger partial charge in [0, 0.05) is 5.25 Å². The normalized spacial score (nSPS) is 37.9. The van der Waals surface area contributed by atoms with E-state index in [2.05, 4.69) is 6.26 Å². The van der Waals surface area contributed by atoms with Crippen LogP contribution in [0.3, 0.4) is 0 Å². The number of rotatable bonds is 3. The molecule has 0 amide bonds. The zero-order valence-electron chi connectivity index (χ0n) is 6.99. The van der Waals surface area contributed by atoms with Gasteiger partial charge >= 0.3 is 0 Å². The molecule has 0 heterocycles. The summed E-state index contributed by atoms with van der Waals surface area (Å²) >= 11 is 1.78. The molecule has 0 bridgehead atoms. The Kier molecular flexibility index (Phi) is 3.69. The highest BCUT2D eigenvalue weighted by atomic mass is 32.2. The second-order valence-electron chi connectivity index (χ2n) is 3.18. The Balaban J connectivity index is 2.35. The van der Waals surface area contributed by atoms with Crippen LogP contribution in [0.5, 0.6) is 0 Å². The molecule has 0 aromatic rings. The molecule has 3 heteroatoms. The fourth-order valence-electron chi connectivity index (χ4n) is 1.81. The summed E-state index contributed by atoms with van der Waals surface area (Å²) in [6.45, 7) is 0.711. The molecule has 3 atom stereocenters. The van der Waals surface area contributed by atoms with Gasteiger partial charge in [0.1, 0.15) is 0 Å². The summed E-state index contributed by atoms with van der Waals surface area (Å²) in [4.78, 5) is 0. The van der Waals surface area contributed by atoms with Crippen molar-refractivity contribution < 1.29 is 5.11 Å². The highest BCUT2D eigenvalue weighted by molar-refractivity contribution is 7.99. The average molecular weight is 175 g/mol. The second-order valence-corrected chi connectivity index (χ2v) is 4.26. The van der Waals surface area contributed by atoms with Crippen molar-refractivity contribution in [2.24, 2.45) is 11.7 Å². The molecule has 0 unspecified atom stereocenters. The Hall–Kier alpha value is 0.270. The van der Waals surface area contributed by atoms with Gasteiger partial charge in [0.05, 0.1) is 6.10 Å². The predicted molar refractivity (Wildman–Crippen MR) is 49.7 cm³/mol. The van der Waals surface area contributed by atoms with Crippen LogP contribution in [0, 0.1) is 5.92 Å². The van der Waals surface area contributed by atoms with Gasteiger partial charge in [0.15, 0.2) is 0 Å². The Morgan fingerprint density at radius 1 is 1.55 bits per heavy atom. The van der Waals surface area contributed by atoms with E-state index in [4.69, 9.17) is 5.73 Å². The Bertz CT molecular complexity index is 121. The van der Waals surface area contributed by atoms with Crippen LogP contribution in [0.1, 0.15) is 19.3 Å². The summed E-state index contributed by atoms with van der Waals surface area (Å²) in [5.74, 6) is 0.470. The van der Waals surface area contributed by atoms with E-state index in [1.165, 1.54) is 0 Å². The van der Waals surface area contributed by atoms with E-state index in [0.717, 1.165) is 19.3 Å². The molecule has 0 spiro atoms. The van der Waals surface area contributed by atoms with Gasteiger partial charge in [-0.3, -0.25) is 0 Å². The SMILES string of the molecule is CS[C@H]1CC[C@H](CCN)[C@@H]1O. The molecule has 1 aliphatic carbocycles. The van der Waals surface area contributed by atoms with Gasteiger partial charge in [0.2, 0.25) is 0 Å². The minimum absolute atomic E-state index is 0.103. The van der Waals surface area contributed by atoms with Crippen LogP contribution in [0.25, 0.3) is 0 Å². The van der Waals surface area contributed by atoms with Gasteiger partial charge in [-0.25, -0.2) is 0 Å². The Labute approximate surface area is 72.5 Å². The van der Waals surface area contributed by atoms with Crippen LogP contribution in [0.15, 0.2) is 0 Å². The minimum Gasteiger partial charge on any atom is -0.392 e. The highest BCUT2D eigenvalue weighted by Crippen LogP contribution is 2.34. The van der Waals surface area contributed by atoms with Crippen LogP contribution in [0.4, 0.5) is 0 Å². The van der Waals surface area contributed by atoms with E-state index in [1.54, 1.807) is 11.8 Å². The van der Waals surface area contributed by atoms with Crippen molar-refractivity contribution in [1.29, 1.82) is 0 Å². The van der Waals surface area contributed by atoms with Crippen molar-refractivity contribution in [3.63, 3.8) is 0 Å². The number of thioether (sulfide) groups is 1. The lowest BCUT2D eigenvalue weighted by molar-refractivity contribution is 0.133. The predicted octanol–water partition coefficient (Wildman–Crippen LogP) is 0.838. The maximum absolute atomic E-state index is 9.70. The molecule has 0 saturated heterocycles. The van der Waals surface area contributed by atoms with Crippen LogP contribution < -0.4 is 5.73 Å². The standard InChI is InChI=1S/C8H17NOS/c1-11-7-3-2-6(4-5-9)8(7)10/h6-8,10H,2-5,9H2,1H3/t6-,7+,8+/m1/s1. The van der Waals surface area contributed by atoms with Gasteiger partial charge in [0.25, 0.3) is 0 Å². The first-order valence-electron chi connectivity index (χ1n) is 4.20. The molecule has 0 aliphatic heterocycles. The molecule has 1 fully saturated rings. The smallest absolute Gasteiger partial charge is 0.0687 e.